The van der Waals surface area contributed by atoms with Crippen LogP contribution in [0.3, 0.4) is 0 Å². The summed E-state index contributed by atoms with van der Waals surface area (Å²) in [5.74, 6) is -0.707. The van der Waals surface area contributed by atoms with Crippen molar-refractivity contribution in [3.05, 3.63) is 115 Å². The van der Waals surface area contributed by atoms with Crippen molar-refractivity contribution in [3.63, 3.8) is 0 Å². The minimum atomic E-state index is -4.02. The van der Waals surface area contributed by atoms with Crippen molar-refractivity contribution in [3.8, 4) is 0 Å². The molecule has 2 aliphatic heterocycles. The van der Waals surface area contributed by atoms with Crippen LogP contribution in [0.15, 0.2) is 88.4 Å². The monoisotopic (exact) mass is 649 g/mol. The number of sulfonamides is 1. The smallest absolute Gasteiger partial charge is 0.269 e. The molecule has 1 saturated carbocycles. The van der Waals surface area contributed by atoms with Gasteiger partial charge in [0.25, 0.3) is 17.3 Å². The molecular formula is C31H28ClN5O7S. The number of amides is 1. The highest BCUT2D eigenvalue weighted by Crippen LogP contribution is 2.45. The Labute approximate surface area is 263 Å². The number of carbonyl (C=O) groups excluding carboxylic acids is 1. The summed E-state index contributed by atoms with van der Waals surface area (Å²) in [6.07, 6.45) is 4.86. The SMILES string of the molecule is O=C(C1CCCN1S(=O)(=O)c1ccc(Cl)cc1)N1N=C2/C(=C/c3ccc([N+](=O)[O-])cc3)CCCC2C1c1ccc([N+](=O)[O-])cc1. The Kier molecular flexibility index (Phi) is 8.25. The molecule has 1 aliphatic carbocycles. The van der Waals surface area contributed by atoms with Gasteiger partial charge >= 0.3 is 0 Å². The average Bonchev–Trinajstić information content (AvgIpc) is 3.68. The molecule has 1 saturated heterocycles. The molecule has 14 heteroatoms. The summed E-state index contributed by atoms with van der Waals surface area (Å²) in [7, 11) is -4.02. The number of hydrogen-bond acceptors (Lipinski definition) is 8. The molecule has 6 rings (SSSR count). The second kappa shape index (κ2) is 12.1. The van der Waals surface area contributed by atoms with Crippen molar-refractivity contribution in [1.29, 1.82) is 0 Å². The summed E-state index contributed by atoms with van der Waals surface area (Å²) in [5.41, 5.74) is 2.84. The summed E-state index contributed by atoms with van der Waals surface area (Å²) < 4.78 is 28.5. The first-order valence-corrected chi connectivity index (χ1v) is 16.2. The van der Waals surface area contributed by atoms with Crippen molar-refractivity contribution in [2.75, 3.05) is 6.54 Å². The lowest BCUT2D eigenvalue weighted by Crippen LogP contribution is -2.46. The number of rotatable bonds is 7. The highest BCUT2D eigenvalue weighted by atomic mass is 35.5. The molecule has 3 aliphatic rings. The maximum absolute atomic E-state index is 14.4. The number of non-ortho nitro benzene ring substituents is 2. The molecule has 1 amide bonds. The molecule has 0 radical (unpaired) electrons. The number of fused-ring (bicyclic) bond motifs is 1. The van der Waals surface area contributed by atoms with Crippen LogP contribution < -0.4 is 0 Å². The van der Waals surface area contributed by atoms with Crippen LogP contribution in [0.2, 0.25) is 5.02 Å². The van der Waals surface area contributed by atoms with E-state index in [2.05, 4.69) is 0 Å². The Hall–Kier alpha value is -4.46. The number of hydrazone groups is 1. The van der Waals surface area contributed by atoms with Crippen molar-refractivity contribution < 1.29 is 23.1 Å². The quantitative estimate of drug-likeness (QED) is 0.220. The van der Waals surface area contributed by atoms with Crippen LogP contribution in [0.5, 0.6) is 0 Å². The van der Waals surface area contributed by atoms with Crippen LogP contribution >= 0.6 is 11.6 Å². The maximum Gasteiger partial charge on any atom is 0.269 e. The molecule has 3 aromatic carbocycles. The van der Waals surface area contributed by atoms with Gasteiger partial charge in [-0.1, -0.05) is 23.7 Å². The van der Waals surface area contributed by atoms with Gasteiger partial charge in [0.05, 0.1) is 26.5 Å². The third-order valence-electron chi connectivity index (χ3n) is 8.53. The number of nitro groups is 2. The Bertz CT molecular complexity index is 1830. The minimum Gasteiger partial charge on any atom is -0.271 e. The lowest BCUT2D eigenvalue weighted by atomic mass is 9.77. The molecule has 3 unspecified atom stereocenters. The number of nitrogens with zero attached hydrogens (tertiary/aromatic N) is 5. The van der Waals surface area contributed by atoms with Crippen LogP contribution in [0, 0.1) is 26.1 Å². The molecule has 0 N–H and O–H groups in total. The molecular weight excluding hydrogens is 622 g/mol. The van der Waals surface area contributed by atoms with Crippen LogP contribution in [-0.2, 0) is 14.8 Å². The molecule has 3 atom stereocenters. The van der Waals surface area contributed by atoms with E-state index in [-0.39, 0.29) is 28.7 Å². The Balaban J connectivity index is 1.38. The Morgan fingerprint density at radius 2 is 1.51 bits per heavy atom. The van der Waals surface area contributed by atoms with Crippen LogP contribution in [0.25, 0.3) is 6.08 Å². The van der Waals surface area contributed by atoms with E-state index >= 15 is 0 Å². The highest BCUT2D eigenvalue weighted by Gasteiger charge is 2.48. The van der Waals surface area contributed by atoms with Gasteiger partial charge in [0.1, 0.15) is 6.04 Å². The van der Waals surface area contributed by atoms with Gasteiger partial charge in [-0.15, -0.1) is 0 Å². The van der Waals surface area contributed by atoms with Gasteiger partial charge in [-0.2, -0.15) is 9.41 Å². The van der Waals surface area contributed by atoms with Crippen LogP contribution in [0.1, 0.15) is 49.3 Å². The first-order chi connectivity index (χ1) is 21.5. The lowest BCUT2D eigenvalue weighted by molar-refractivity contribution is -0.385. The van der Waals surface area contributed by atoms with Crippen LogP contribution in [-0.4, -0.2) is 51.8 Å². The van der Waals surface area contributed by atoms with E-state index in [9.17, 15) is 33.4 Å². The van der Waals surface area contributed by atoms with E-state index in [1.807, 2.05) is 6.08 Å². The third-order valence-corrected chi connectivity index (χ3v) is 10.7. The number of allylic oxidation sites excluding steroid dienone is 1. The molecule has 2 fully saturated rings. The highest BCUT2D eigenvalue weighted by molar-refractivity contribution is 7.89. The first-order valence-electron chi connectivity index (χ1n) is 14.4. The number of nitro benzene ring substituents is 2. The third kappa shape index (κ3) is 5.86. The zero-order valence-electron chi connectivity index (χ0n) is 23.9. The zero-order valence-corrected chi connectivity index (χ0v) is 25.4. The van der Waals surface area contributed by atoms with Gasteiger partial charge in [0.2, 0.25) is 10.0 Å². The largest absolute Gasteiger partial charge is 0.271 e. The predicted molar refractivity (Wildman–Crippen MR) is 167 cm³/mol. The molecule has 0 spiro atoms. The van der Waals surface area contributed by atoms with E-state index in [0.29, 0.717) is 42.0 Å². The van der Waals surface area contributed by atoms with E-state index in [0.717, 1.165) is 17.6 Å². The zero-order chi connectivity index (χ0) is 31.9. The molecule has 45 heavy (non-hydrogen) atoms. The summed E-state index contributed by atoms with van der Waals surface area (Å²) >= 11 is 5.98. The second-order valence-corrected chi connectivity index (χ2v) is 13.5. The number of halogens is 1. The Morgan fingerprint density at radius 1 is 0.889 bits per heavy atom. The van der Waals surface area contributed by atoms with E-state index in [4.69, 9.17) is 16.7 Å². The molecule has 12 nitrogen and oxygen atoms in total. The number of carbonyl (C=O) groups is 1. The molecule has 0 aromatic heterocycles. The van der Waals surface area contributed by atoms with Gasteiger partial charge in [-0.25, -0.2) is 13.4 Å². The molecule has 0 bridgehead atoms. The summed E-state index contributed by atoms with van der Waals surface area (Å²) in [4.78, 5) is 35.9. The fraction of sp³-hybridized carbons (Fsp3) is 0.290. The van der Waals surface area contributed by atoms with Gasteiger partial charge in [-0.05, 0) is 91.3 Å². The summed E-state index contributed by atoms with van der Waals surface area (Å²) in [6.45, 7) is 0.169. The van der Waals surface area contributed by atoms with E-state index < -0.39 is 37.9 Å². The van der Waals surface area contributed by atoms with Crippen molar-refractivity contribution in [1.82, 2.24) is 9.31 Å². The van der Waals surface area contributed by atoms with Gasteiger partial charge in [-0.3, -0.25) is 25.0 Å². The lowest BCUT2D eigenvalue weighted by Gasteiger charge is -2.32. The fourth-order valence-electron chi connectivity index (χ4n) is 6.37. The van der Waals surface area contributed by atoms with Crippen LogP contribution in [0.4, 0.5) is 11.4 Å². The summed E-state index contributed by atoms with van der Waals surface area (Å²) in [6, 6.07) is 16.4. The minimum absolute atomic E-state index is 0.0263. The topological polar surface area (TPSA) is 156 Å². The number of hydrogen-bond donors (Lipinski definition) is 0. The number of benzene rings is 3. The van der Waals surface area contributed by atoms with Crippen molar-refractivity contribution >= 4 is 50.7 Å². The maximum atomic E-state index is 14.4. The average molecular weight is 650 g/mol. The first kappa shape index (κ1) is 30.6. The normalized spacial score (nSPS) is 22.7. The summed E-state index contributed by atoms with van der Waals surface area (Å²) in [5, 5.41) is 29.1. The second-order valence-electron chi connectivity index (χ2n) is 11.2. The van der Waals surface area contributed by atoms with E-state index in [1.54, 1.807) is 24.3 Å². The van der Waals surface area contributed by atoms with Gasteiger partial charge in [0.15, 0.2) is 0 Å². The van der Waals surface area contributed by atoms with Crippen molar-refractivity contribution in [2.45, 2.75) is 49.1 Å². The van der Waals surface area contributed by atoms with Gasteiger partial charge in [0, 0.05) is 41.8 Å². The fourth-order valence-corrected chi connectivity index (χ4v) is 8.15. The standard InChI is InChI=1S/C31H28ClN5O7S/c32-23-10-16-26(17-11-23)45(43,44)34-18-2-5-28(34)31(38)35-30(21-8-14-25(15-9-21)37(41)42)27-4-1-3-22(29(27)33-35)19-20-6-12-24(13-7-20)36(39)40/h6-17,19,27-28,30H,1-5,18H2/b22-19+. The molecule has 232 valence electrons. The Morgan fingerprint density at radius 3 is 2.13 bits per heavy atom. The van der Waals surface area contributed by atoms with E-state index in [1.165, 1.54) is 57.8 Å². The molecule has 3 aromatic rings. The predicted octanol–water partition coefficient (Wildman–Crippen LogP) is 6.13. The van der Waals surface area contributed by atoms with Crippen molar-refractivity contribution in [2.24, 2.45) is 11.0 Å². The van der Waals surface area contributed by atoms with Gasteiger partial charge < -0.3 is 0 Å². The molecule has 2 heterocycles.